The molecule has 1 amide bonds. The van der Waals surface area contributed by atoms with E-state index < -0.39 is 15.9 Å². The number of rotatable bonds is 4. The first-order valence-corrected chi connectivity index (χ1v) is 9.03. The van der Waals surface area contributed by atoms with Gasteiger partial charge in [0.25, 0.3) is 0 Å². The van der Waals surface area contributed by atoms with E-state index in [1.807, 2.05) is 16.9 Å². The van der Waals surface area contributed by atoms with Crippen LogP contribution in [0.3, 0.4) is 0 Å². The van der Waals surface area contributed by atoms with Crippen LogP contribution in [0, 0.1) is 0 Å². The molecule has 2 heterocycles. The first-order chi connectivity index (χ1) is 10.4. The van der Waals surface area contributed by atoms with Gasteiger partial charge in [0, 0.05) is 10.9 Å². The van der Waals surface area contributed by atoms with E-state index >= 15 is 0 Å². The Morgan fingerprint density at radius 1 is 1.36 bits per heavy atom. The van der Waals surface area contributed by atoms with Crippen LogP contribution in [0.25, 0.3) is 10.6 Å². The van der Waals surface area contributed by atoms with Crippen molar-refractivity contribution >= 4 is 27.3 Å². The van der Waals surface area contributed by atoms with Gasteiger partial charge < -0.3 is 9.47 Å². The maximum atomic E-state index is 11.6. The third kappa shape index (κ3) is 3.37. The number of ether oxygens (including phenoxy) is 2. The molecule has 1 aliphatic rings. The molecule has 9 heteroatoms. The molecule has 0 bridgehead atoms. The van der Waals surface area contributed by atoms with Gasteiger partial charge in [0.1, 0.15) is 5.01 Å². The molecule has 1 N–H and O–H groups in total. The van der Waals surface area contributed by atoms with Crippen molar-refractivity contribution in [3.63, 3.8) is 0 Å². The molecule has 1 aliphatic heterocycles. The number of carbonyl (C=O) groups is 1. The highest BCUT2D eigenvalue weighted by molar-refractivity contribution is 7.89. The fourth-order valence-electron chi connectivity index (χ4n) is 1.96. The molecule has 0 spiro atoms. The zero-order valence-electron chi connectivity index (χ0n) is 11.5. The zero-order valence-corrected chi connectivity index (χ0v) is 13.2. The average Bonchev–Trinajstić information content (AvgIpc) is 3.03. The number of carbonyl (C=O) groups excluding carboxylic acids is 1. The lowest BCUT2D eigenvalue weighted by molar-refractivity contribution is -0.118. The number of benzene rings is 1. The van der Waals surface area contributed by atoms with Crippen molar-refractivity contribution in [2.45, 2.75) is 6.42 Å². The van der Waals surface area contributed by atoms with Gasteiger partial charge in [-0.1, -0.05) is 0 Å². The van der Waals surface area contributed by atoms with E-state index in [0.717, 1.165) is 16.8 Å². The van der Waals surface area contributed by atoms with E-state index in [1.165, 1.54) is 11.3 Å². The van der Waals surface area contributed by atoms with Gasteiger partial charge >= 0.3 is 0 Å². The molecule has 0 unspecified atom stereocenters. The van der Waals surface area contributed by atoms with Crippen molar-refractivity contribution in [3.05, 3.63) is 29.3 Å². The summed E-state index contributed by atoms with van der Waals surface area (Å²) in [6.45, 7) is 0.202. The summed E-state index contributed by atoms with van der Waals surface area (Å²) in [5, 5.41) is 2.45. The van der Waals surface area contributed by atoms with E-state index in [0.29, 0.717) is 17.2 Å². The van der Waals surface area contributed by atoms with Gasteiger partial charge in [-0.3, -0.25) is 9.52 Å². The van der Waals surface area contributed by atoms with Crippen molar-refractivity contribution in [1.82, 2.24) is 9.71 Å². The van der Waals surface area contributed by atoms with Crippen molar-refractivity contribution in [3.8, 4) is 22.1 Å². The van der Waals surface area contributed by atoms with Gasteiger partial charge in [-0.05, 0) is 18.2 Å². The quantitative estimate of drug-likeness (QED) is 0.897. The molecule has 0 fully saturated rings. The summed E-state index contributed by atoms with van der Waals surface area (Å²) < 4.78 is 34.5. The Kier molecular flexibility index (Phi) is 3.75. The number of hydrogen-bond acceptors (Lipinski definition) is 7. The topological polar surface area (TPSA) is 94.6 Å². The van der Waals surface area contributed by atoms with Gasteiger partial charge in [0.05, 0.1) is 18.4 Å². The number of aromatic nitrogens is 1. The number of nitrogens with zero attached hydrogens (tertiary/aromatic N) is 1. The summed E-state index contributed by atoms with van der Waals surface area (Å²) >= 11 is 1.37. The predicted molar refractivity (Wildman–Crippen MR) is 80.4 cm³/mol. The van der Waals surface area contributed by atoms with Crippen LogP contribution in [0.1, 0.15) is 5.69 Å². The monoisotopic (exact) mass is 340 g/mol. The SMILES string of the molecule is CS(=O)(=O)NC(=O)Cc1csc(-c2ccc3c(c2)OCO3)n1. The Hall–Kier alpha value is -2.13. The minimum absolute atomic E-state index is 0.0892. The maximum Gasteiger partial charge on any atom is 0.239 e. The van der Waals surface area contributed by atoms with Crippen LogP contribution in [0.2, 0.25) is 0 Å². The van der Waals surface area contributed by atoms with Crippen LogP contribution >= 0.6 is 11.3 Å². The van der Waals surface area contributed by atoms with Crippen LogP contribution in [0.5, 0.6) is 11.5 Å². The molecule has 0 saturated carbocycles. The number of fused-ring (bicyclic) bond motifs is 1. The first-order valence-electron chi connectivity index (χ1n) is 6.26. The lowest BCUT2D eigenvalue weighted by Crippen LogP contribution is -2.30. The number of sulfonamides is 1. The van der Waals surface area contributed by atoms with Crippen LogP contribution in [0.4, 0.5) is 0 Å². The summed E-state index contributed by atoms with van der Waals surface area (Å²) in [5.41, 5.74) is 1.36. The molecule has 7 nitrogen and oxygen atoms in total. The molecule has 0 atom stereocenters. The van der Waals surface area contributed by atoms with E-state index in [2.05, 4.69) is 4.98 Å². The Morgan fingerprint density at radius 2 is 2.14 bits per heavy atom. The van der Waals surface area contributed by atoms with Gasteiger partial charge in [-0.15, -0.1) is 11.3 Å². The summed E-state index contributed by atoms with van der Waals surface area (Å²) in [4.78, 5) is 15.9. The minimum atomic E-state index is -3.55. The van der Waals surface area contributed by atoms with Crippen molar-refractivity contribution < 1.29 is 22.7 Å². The molecular weight excluding hydrogens is 328 g/mol. The fraction of sp³-hybridized carbons (Fsp3) is 0.231. The van der Waals surface area contributed by atoms with Crippen molar-refractivity contribution in [1.29, 1.82) is 0 Å². The second-order valence-electron chi connectivity index (χ2n) is 4.69. The van der Waals surface area contributed by atoms with Crippen molar-refractivity contribution in [2.75, 3.05) is 13.0 Å². The van der Waals surface area contributed by atoms with E-state index in [4.69, 9.17) is 9.47 Å². The molecule has 2 aromatic rings. The number of thiazole rings is 1. The third-order valence-electron chi connectivity index (χ3n) is 2.81. The molecule has 0 radical (unpaired) electrons. The Morgan fingerprint density at radius 3 is 2.91 bits per heavy atom. The standard InChI is InChI=1S/C13H12N2O5S2/c1-22(17,18)15-12(16)5-9-6-21-13(14-9)8-2-3-10-11(4-8)20-7-19-10/h2-4,6H,5,7H2,1H3,(H,15,16). The fourth-order valence-corrected chi connectivity index (χ4v) is 3.26. The molecule has 0 saturated heterocycles. The highest BCUT2D eigenvalue weighted by Crippen LogP contribution is 2.36. The molecule has 116 valence electrons. The van der Waals surface area contributed by atoms with Gasteiger partial charge in [0.15, 0.2) is 11.5 Å². The molecular formula is C13H12N2O5S2. The molecule has 1 aromatic heterocycles. The Bertz CT molecular complexity index is 829. The molecule has 3 rings (SSSR count). The lowest BCUT2D eigenvalue weighted by Gasteiger charge is -2.00. The average molecular weight is 340 g/mol. The van der Waals surface area contributed by atoms with E-state index in [9.17, 15) is 13.2 Å². The largest absolute Gasteiger partial charge is 0.454 e. The smallest absolute Gasteiger partial charge is 0.239 e. The van der Waals surface area contributed by atoms with E-state index in [-0.39, 0.29) is 13.2 Å². The van der Waals surface area contributed by atoms with Crippen LogP contribution in [-0.2, 0) is 21.2 Å². The van der Waals surface area contributed by atoms with E-state index in [1.54, 1.807) is 11.4 Å². The highest BCUT2D eigenvalue weighted by atomic mass is 32.2. The normalized spacial score (nSPS) is 13.1. The van der Waals surface area contributed by atoms with Crippen LogP contribution in [0.15, 0.2) is 23.6 Å². The summed E-state index contributed by atoms with van der Waals surface area (Å²) in [5.74, 6) is 0.738. The van der Waals surface area contributed by atoms with Gasteiger partial charge in [-0.2, -0.15) is 0 Å². The number of nitrogens with one attached hydrogen (secondary N) is 1. The second-order valence-corrected chi connectivity index (χ2v) is 7.29. The maximum absolute atomic E-state index is 11.6. The summed E-state index contributed by atoms with van der Waals surface area (Å²) in [6.07, 6.45) is 0.845. The van der Waals surface area contributed by atoms with Crippen LogP contribution < -0.4 is 14.2 Å². The third-order valence-corrected chi connectivity index (χ3v) is 4.35. The van der Waals surface area contributed by atoms with Gasteiger partial charge in [0.2, 0.25) is 22.7 Å². The van der Waals surface area contributed by atoms with Crippen molar-refractivity contribution in [2.24, 2.45) is 0 Å². The predicted octanol–water partition coefficient (Wildman–Crippen LogP) is 1.16. The number of amides is 1. The summed E-state index contributed by atoms with van der Waals surface area (Å²) in [7, 11) is -3.55. The van der Waals surface area contributed by atoms with Gasteiger partial charge in [-0.25, -0.2) is 13.4 Å². The molecule has 22 heavy (non-hydrogen) atoms. The molecule has 0 aliphatic carbocycles. The summed E-state index contributed by atoms with van der Waals surface area (Å²) in [6, 6.07) is 5.48. The Labute approximate surface area is 131 Å². The highest BCUT2D eigenvalue weighted by Gasteiger charge is 2.16. The second kappa shape index (κ2) is 5.58. The number of hydrogen-bond donors (Lipinski definition) is 1. The molecule has 1 aromatic carbocycles. The Balaban J connectivity index is 1.75. The zero-order chi connectivity index (χ0) is 15.7. The lowest BCUT2D eigenvalue weighted by atomic mass is 10.2. The first kappa shape index (κ1) is 14.8. The van der Waals surface area contributed by atoms with Crippen LogP contribution in [-0.4, -0.2) is 32.4 Å². The minimum Gasteiger partial charge on any atom is -0.454 e.